The molecule has 1 heterocycles. The first kappa shape index (κ1) is 14.1. The number of hydrogen-bond donors (Lipinski definition) is 1. The Hall–Kier alpha value is -0.280. The van der Waals surface area contributed by atoms with E-state index in [1.165, 1.54) is 5.56 Å². The lowest BCUT2D eigenvalue weighted by molar-refractivity contribution is 0.0782. The van der Waals surface area contributed by atoms with Crippen molar-refractivity contribution in [3.63, 3.8) is 0 Å². The van der Waals surface area contributed by atoms with Gasteiger partial charge in [-0.05, 0) is 37.6 Å². The monoisotopic (exact) mass is 287 g/mol. The van der Waals surface area contributed by atoms with Gasteiger partial charge >= 0.3 is 0 Å². The van der Waals surface area contributed by atoms with Gasteiger partial charge in [-0.3, -0.25) is 0 Å². The van der Waals surface area contributed by atoms with E-state index < -0.39 is 0 Å². The smallest absolute Gasteiger partial charge is 0.0619 e. The molecule has 0 saturated carbocycles. The van der Waals surface area contributed by atoms with Gasteiger partial charge in [0.2, 0.25) is 0 Å². The van der Waals surface area contributed by atoms with Crippen LogP contribution in [0.3, 0.4) is 0 Å². The molecule has 2 nitrogen and oxygen atoms in total. The standard InChI is InChI=1S/C14H19Cl2NO/c1-3-13-10(6-7-18-13)14(17-2)9-4-5-11(15)12(16)8-9/h4-5,8,10,13-14,17H,3,6-7H2,1-2H3. The van der Waals surface area contributed by atoms with Crippen molar-refractivity contribution in [2.45, 2.75) is 31.9 Å². The maximum atomic E-state index is 6.10. The Kier molecular flexibility index (Phi) is 4.91. The molecule has 1 N–H and O–H groups in total. The van der Waals surface area contributed by atoms with Gasteiger partial charge in [0.25, 0.3) is 0 Å². The summed E-state index contributed by atoms with van der Waals surface area (Å²) in [6.45, 7) is 3.02. The maximum Gasteiger partial charge on any atom is 0.0619 e. The normalized spacial score (nSPS) is 25.3. The zero-order valence-electron chi connectivity index (χ0n) is 10.7. The average Bonchev–Trinajstić information content (AvgIpc) is 2.83. The molecule has 1 saturated heterocycles. The van der Waals surface area contributed by atoms with Crippen molar-refractivity contribution in [3.8, 4) is 0 Å². The first-order valence-electron chi connectivity index (χ1n) is 6.41. The molecule has 1 aromatic rings. The predicted molar refractivity (Wildman–Crippen MR) is 76.4 cm³/mol. The van der Waals surface area contributed by atoms with Crippen LogP contribution in [0.15, 0.2) is 18.2 Å². The molecule has 3 unspecified atom stereocenters. The Balaban J connectivity index is 2.24. The molecule has 0 aromatic heterocycles. The molecule has 4 heteroatoms. The Morgan fingerprint density at radius 2 is 2.17 bits per heavy atom. The van der Waals surface area contributed by atoms with E-state index in [9.17, 15) is 0 Å². The van der Waals surface area contributed by atoms with E-state index in [1.807, 2.05) is 25.2 Å². The third-order valence-electron chi connectivity index (χ3n) is 3.70. The van der Waals surface area contributed by atoms with Crippen LogP contribution < -0.4 is 5.32 Å². The fourth-order valence-corrected chi connectivity index (χ4v) is 3.11. The maximum absolute atomic E-state index is 6.10. The third kappa shape index (κ3) is 2.83. The molecule has 0 aliphatic carbocycles. The number of nitrogens with one attached hydrogen (secondary N) is 1. The fraction of sp³-hybridized carbons (Fsp3) is 0.571. The van der Waals surface area contributed by atoms with E-state index in [0.717, 1.165) is 19.4 Å². The van der Waals surface area contributed by atoms with E-state index in [2.05, 4.69) is 12.2 Å². The molecular weight excluding hydrogens is 269 g/mol. The second-order valence-electron chi connectivity index (χ2n) is 4.71. The van der Waals surface area contributed by atoms with Gasteiger partial charge in [-0.15, -0.1) is 0 Å². The SMILES string of the molecule is CCC1OCCC1C(NC)c1ccc(Cl)c(Cl)c1. The first-order chi connectivity index (χ1) is 8.67. The number of benzene rings is 1. The Morgan fingerprint density at radius 1 is 1.39 bits per heavy atom. The molecule has 1 fully saturated rings. The molecule has 3 atom stereocenters. The van der Waals surface area contributed by atoms with Crippen molar-refractivity contribution in [1.29, 1.82) is 0 Å². The van der Waals surface area contributed by atoms with Gasteiger partial charge in [0.05, 0.1) is 16.1 Å². The average molecular weight is 288 g/mol. The van der Waals surface area contributed by atoms with E-state index in [0.29, 0.717) is 22.1 Å². The highest BCUT2D eigenvalue weighted by molar-refractivity contribution is 6.42. The van der Waals surface area contributed by atoms with Gasteiger partial charge in [0, 0.05) is 18.6 Å². The van der Waals surface area contributed by atoms with Gasteiger partial charge in [-0.25, -0.2) is 0 Å². The highest BCUT2D eigenvalue weighted by Crippen LogP contribution is 2.36. The van der Waals surface area contributed by atoms with Gasteiger partial charge < -0.3 is 10.1 Å². The highest BCUT2D eigenvalue weighted by atomic mass is 35.5. The van der Waals surface area contributed by atoms with Gasteiger partial charge in [0.15, 0.2) is 0 Å². The van der Waals surface area contributed by atoms with Crippen LogP contribution in [-0.4, -0.2) is 19.8 Å². The number of ether oxygens (including phenoxy) is 1. The van der Waals surface area contributed by atoms with Crippen molar-refractivity contribution >= 4 is 23.2 Å². The molecule has 1 aromatic carbocycles. The summed E-state index contributed by atoms with van der Waals surface area (Å²) >= 11 is 12.1. The minimum Gasteiger partial charge on any atom is -0.378 e. The molecule has 0 bridgehead atoms. The second kappa shape index (κ2) is 6.25. The summed E-state index contributed by atoms with van der Waals surface area (Å²) in [5.41, 5.74) is 1.18. The number of halogens is 2. The van der Waals surface area contributed by atoms with Gasteiger partial charge in [-0.2, -0.15) is 0 Å². The number of hydrogen-bond acceptors (Lipinski definition) is 2. The van der Waals surface area contributed by atoms with E-state index in [4.69, 9.17) is 27.9 Å². The lowest BCUT2D eigenvalue weighted by Crippen LogP contribution is -2.30. The summed E-state index contributed by atoms with van der Waals surface area (Å²) in [6, 6.07) is 6.13. The number of rotatable bonds is 4. The van der Waals surface area contributed by atoms with E-state index >= 15 is 0 Å². The van der Waals surface area contributed by atoms with E-state index in [1.54, 1.807) is 0 Å². The van der Waals surface area contributed by atoms with Gasteiger partial charge in [-0.1, -0.05) is 36.2 Å². The van der Waals surface area contributed by atoms with Crippen molar-refractivity contribution in [2.24, 2.45) is 5.92 Å². The minimum atomic E-state index is 0.271. The third-order valence-corrected chi connectivity index (χ3v) is 4.44. The van der Waals surface area contributed by atoms with Gasteiger partial charge in [0.1, 0.15) is 0 Å². The fourth-order valence-electron chi connectivity index (χ4n) is 2.80. The van der Waals surface area contributed by atoms with Crippen LogP contribution in [0, 0.1) is 5.92 Å². The Bertz CT molecular complexity index is 411. The van der Waals surface area contributed by atoms with Crippen LogP contribution in [0.1, 0.15) is 31.4 Å². The summed E-state index contributed by atoms with van der Waals surface area (Å²) < 4.78 is 5.77. The summed E-state index contributed by atoms with van der Waals surface area (Å²) in [5, 5.41) is 4.60. The van der Waals surface area contributed by atoms with Crippen molar-refractivity contribution in [2.75, 3.05) is 13.7 Å². The summed E-state index contributed by atoms with van der Waals surface area (Å²) in [4.78, 5) is 0. The molecule has 100 valence electrons. The lowest BCUT2D eigenvalue weighted by atomic mass is 9.87. The highest BCUT2D eigenvalue weighted by Gasteiger charge is 2.33. The second-order valence-corrected chi connectivity index (χ2v) is 5.52. The molecule has 1 aliphatic rings. The topological polar surface area (TPSA) is 21.3 Å². The van der Waals surface area contributed by atoms with E-state index in [-0.39, 0.29) is 6.04 Å². The molecular formula is C14H19Cl2NO. The van der Waals surface area contributed by atoms with Crippen LogP contribution in [0.5, 0.6) is 0 Å². The molecule has 18 heavy (non-hydrogen) atoms. The Labute approximate surface area is 119 Å². The summed E-state index contributed by atoms with van der Waals surface area (Å²) in [6.07, 6.45) is 2.46. The zero-order chi connectivity index (χ0) is 13.1. The quantitative estimate of drug-likeness (QED) is 0.901. The predicted octanol–water partition coefficient (Wildman–Crippen LogP) is 4.07. The van der Waals surface area contributed by atoms with Crippen molar-refractivity contribution in [3.05, 3.63) is 33.8 Å². The molecule has 0 amide bonds. The van der Waals surface area contributed by atoms with Crippen molar-refractivity contribution < 1.29 is 4.74 Å². The minimum absolute atomic E-state index is 0.271. The zero-order valence-corrected chi connectivity index (χ0v) is 12.3. The van der Waals surface area contributed by atoms with Crippen LogP contribution in [0.25, 0.3) is 0 Å². The first-order valence-corrected chi connectivity index (χ1v) is 7.16. The summed E-state index contributed by atoms with van der Waals surface area (Å²) in [5.74, 6) is 0.497. The Morgan fingerprint density at radius 3 is 2.78 bits per heavy atom. The van der Waals surface area contributed by atoms with Crippen LogP contribution in [-0.2, 0) is 4.74 Å². The van der Waals surface area contributed by atoms with Crippen LogP contribution in [0.4, 0.5) is 0 Å². The molecule has 0 radical (unpaired) electrons. The summed E-state index contributed by atoms with van der Waals surface area (Å²) in [7, 11) is 1.98. The largest absolute Gasteiger partial charge is 0.378 e. The molecule has 1 aliphatic heterocycles. The molecule has 0 spiro atoms. The lowest BCUT2D eigenvalue weighted by Gasteiger charge is -2.27. The molecule has 2 rings (SSSR count). The van der Waals surface area contributed by atoms with Crippen LogP contribution in [0.2, 0.25) is 10.0 Å². The van der Waals surface area contributed by atoms with Crippen LogP contribution >= 0.6 is 23.2 Å². The van der Waals surface area contributed by atoms with Crippen molar-refractivity contribution in [1.82, 2.24) is 5.32 Å².